The van der Waals surface area contributed by atoms with E-state index in [2.05, 4.69) is 59.7 Å². The first-order chi connectivity index (χ1) is 17.1. The van der Waals surface area contributed by atoms with E-state index in [1.807, 2.05) is 12.1 Å². The Balaban J connectivity index is 1.47. The predicted octanol–water partition coefficient (Wildman–Crippen LogP) is 5.86. The third-order valence-electron chi connectivity index (χ3n) is 7.00. The van der Waals surface area contributed by atoms with Crippen LogP contribution in [0.3, 0.4) is 0 Å². The van der Waals surface area contributed by atoms with Crippen molar-refractivity contribution in [2.24, 2.45) is 0 Å². The van der Waals surface area contributed by atoms with E-state index >= 15 is 0 Å². The van der Waals surface area contributed by atoms with Crippen molar-refractivity contribution in [3.63, 3.8) is 0 Å². The number of rotatable bonds is 6. The molecule has 0 amide bonds. The first kappa shape index (κ1) is 23.6. The fraction of sp³-hybridized carbons (Fsp3) is 0.367. The number of hydrogen-bond donors (Lipinski definition) is 1. The summed E-state index contributed by atoms with van der Waals surface area (Å²) >= 11 is 0. The lowest BCUT2D eigenvalue weighted by Gasteiger charge is -2.29. The van der Waals surface area contributed by atoms with Gasteiger partial charge in [0.15, 0.2) is 0 Å². The highest BCUT2D eigenvalue weighted by molar-refractivity contribution is 6.00. The fourth-order valence-electron chi connectivity index (χ4n) is 5.15. The van der Waals surface area contributed by atoms with Crippen LogP contribution in [0.4, 0.5) is 5.69 Å². The van der Waals surface area contributed by atoms with Gasteiger partial charge >= 0.3 is 0 Å². The summed E-state index contributed by atoms with van der Waals surface area (Å²) in [6.07, 6.45) is 10.1. The van der Waals surface area contributed by atoms with Crippen LogP contribution in [0.2, 0.25) is 0 Å². The number of fused-ring (bicyclic) bond motifs is 2. The normalized spacial score (nSPS) is 18.1. The molecule has 0 spiro atoms. The zero-order chi connectivity index (χ0) is 24.2. The number of nitrogens with zero attached hydrogens (tertiary/aromatic N) is 2. The number of nitrogens with one attached hydrogen (secondary N) is 1. The molecule has 1 aromatic carbocycles. The van der Waals surface area contributed by atoms with Crippen molar-refractivity contribution in [3.8, 4) is 11.3 Å². The van der Waals surface area contributed by atoms with Crippen molar-refractivity contribution in [2.75, 3.05) is 50.8 Å². The molecule has 5 rings (SSSR count). The van der Waals surface area contributed by atoms with Gasteiger partial charge in [0.2, 0.25) is 0 Å². The molecule has 0 bridgehead atoms. The van der Waals surface area contributed by atoms with Gasteiger partial charge in [-0.25, -0.2) is 0 Å². The monoisotopic (exact) mass is 469 g/mol. The molecule has 182 valence electrons. The Kier molecular flexibility index (Phi) is 7.16. The Morgan fingerprint density at radius 3 is 2.63 bits per heavy atom. The van der Waals surface area contributed by atoms with Crippen LogP contribution in [-0.2, 0) is 4.74 Å². The van der Waals surface area contributed by atoms with Gasteiger partial charge in [0.1, 0.15) is 11.3 Å². The van der Waals surface area contributed by atoms with Crippen LogP contribution in [0, 0.1) is 5.41 Å². The quantitative estimate of drug-likeness (QED) is 0.363. The lowest BCUT2D eigenvalue weighted by atomic mass is 9.93. The lowest BCUT2D eigenvalue weighted by molar-refractivity contribution is 0.0423. The van der Waals surface area contributed by atoms with E-state index in [-0.39, 0.29) is 0 Å². The number of hydrogen-bond acceptors (Lipinski definition) is 5. The third kappa shape index (κ3) is 5.42. The molecule has 0 aromatic heterocycles. The molecule has 0 atom stereocenters. The molecule has 0 saturated carbocycles. The topological polar surface area (TPSA) is 52.7 Å². The van der Waals surface area contributed by atoms with Gasteiger partial charge < -0.3 is 19.5 Å². The highest BCUT2D eigenvalue weighted by atomic mass is 16.5. The Labute approximate surface area is 207 Å². The van der Waals surface area contributed by atoms with E-state index in [1.54, 1.807) is 6.07 Å². The SMILES string of the molecule is C=C(C=CC=C(C)CN1CCOCC1)c1c2ccc(=N)cc-2oc2cc(N3CCCCC3)ccc12. The summed E-state index contributed by atoms with van der Waals surface area (Å²) in [5.41, 5.74) is 6.36. The van der Waals surface area contributed by atoms with Crippen LogP contribution in [0.5, 0.6) is 0 Å². The van der Waals surface area contributed by atoms with E-state index < -0.39 is 0 Å². The summed E-state index contributed by atoms with van der Waals surface area (Å²) in [6, 6.07) is 12.1. The van der Waals surface area contributed by atoms with Crippen LogP contribution >= 0.6 is 0 Å². The third-order valence-corrected chi connectivity index (χ3v) is 7.00. The number of morpholine rings is 1. The molecule has 1 aromatic rings. The highest BCUT2D eigenvalue weighted by Crippen LogP contribution is 2.38. The molecule has 3 heterocycles. The second kappa shape index (κ2) is 10.6. The molecular formula is C30H35N3O2. The van der Waals surface area contributed by atoms with Crippen molar-refractivity contribution in [3.05, 3.63) is 77.7 Å². The average Bonchev–Trinajstić information content (AvgIpc) is 2.88. The van der Waals surface area contributed by atoms with Gasteiger partial charge in [0.05, 0.1) is 18.6 Å². The molecule has 4 aliphatic rings. The Hall–Kier alpha value is -3.15. The molecule has 35 heavy (non-hydrogen) atoms. The van der Waals surface area contributed by atoms with E-state index in [9.17, 15) is 0 Å². The molecule has 0 unspecified atom stereocenters. The van der Waals surface area contributed by atoms with Gasteiger partial charge in [-0.3, -0.25) is 4.90 Å². The summed E-state index contributed by atoms with van der Waals surface area (Å²) in [4.78, 5) is 4.87. The van der Waals surface area contributed by atoms with Gasteiger partial charge in [0.25, 0.3) is 0 Å². The van der Waals surface area contributed by atoms with Crippen molar-refractivity contribution < 1.29 is 9.15 Å². The van der Waals surface area contributed by atoms with E-state index in [1.165, 1.54) is 30.5 Å². The van der Waals surface area contributed by atoms with Crippen molar-refractivity contribution in [1.82, 2.24) is 4.90 Å². The van der Waals surface area contributed by atoms with Crippen LogP contribution < -0.4 is 10.3 Å². The van der Waals surface area contributed by atoms with Crippen LogP contribution in [0.1, 0.15) is 31.7 Å². The van der Waals surface area contributed by atoms with Crippen LogP contribution in [0.15, 0.2) is 71.2 Å². The van der Waals surface area contributed by atoms with Crippen LogP contribution in [-0.4, -0.2) is 50.8 Å². The molecule has 0 radical (unpaired) electrons. The minimum absolute atomic E-state index is 0.446. The largest absolute Gasteiger partial charge is 0.456 e. The number of piperidine rings is 1. The second-order valence-electron chi connectivity index (χ2n) is 9.70. The zero-order valence-electron chi connectivity index (χ0n) is 20.7. The number of allylic oxidation sites excluding steroid dienone is 4. The van der Waals surface area contributed by atoms with Crippen molar-refractivity contribution in [2.45, 2.75) is 26.2 Å². The summed E-state index contributed by atoms with van der Waals surface area (Å²) in [6.45, 7) is 13.4. The molecule has 5 nitrogen and oxygen atoms in total. The van der Waals surface area contributed by atoms with Gasteiger partial charge in [-0.15, -0.1) is 0 Å². The Morgan fingerprint density at radius 2 is 1.83 bits per heavy atom. The predicted molar refractivity (Wildman–Crippen MR) is 144 cm³/mol. The summed E-state index contributed by atoms with van der Waals surface area (Å²) in [5, 5.41) is 9.61. The zero-order valence-corrected chi connectivity index (χ0v) is 20.7. The number of benzene rings is 2. The van der Waals surface area contributed by atoms with Crippen molar-refractivity contribution >= 4 is 22.2 Å². The second-order valence-corrected chi connectivity index (χ2v) is 9.70. The minimum atomic E-state index is 0.446. The lowest BCUT2D eigenvalue weighted by Crippen LogP contribution is -2.37. The number of ether oxygens (including phenoxy) is 1. The molecule has 1 N–H and O–H groups in total. The summed E-state index contributed by atoms with van der Waals surface area (Å²) in [5.74, 6) is 0.726. The Morgan fingerprint density at radius 1 is 1.03 bits per heavy atom. The standard InChI is InChI=1S/C30H35N3O2/c1-22(21-32-15-17-34-18-16-32)7-6-8-23(2)30-26-11-9-24(31)19-28(26)35-29-20-25(10-12-27(29)30)33-13-4-3-5-14-33/h6-12,19-20,31H,2-5,13-18,21H2,1H3. The maximum Gasteiger partial charge on any atom is 0.137 e. The van der Waals surface area contributed by atoms with E-state index in [0.29, 0.717) is 5.36 Å². The van der Waals surface area contributed by atoms with Crippen LogP contribution in [0.25, 0.3) is 27.9 Å². The fourth-order valence-corrected chi connectivity index (χ4v) is 5.15. The minimum Gasteiger partial charge on any atom is -0.456 e. The Bertz CT molecular complexity index is 1290. The van der Waals surface area contributed by atoms with E-state index in [4.69, 9.17) is 14.6 Å². The maximum atomic E-state index is 8.11. The molecule has 5 heteroatoms. The van der Waals surface area contributed by atoms with Gasteiger partial charge in [-0.2, -0.15) is 0 Å². The average molecular weight is 470 g/mol. The summed E-state index contributed by atoms with van der Waals surface area (Å²) < 4.78 is 11.8. The number of anilines is 1. The molecule has 1 aliphatic carbocycles. The molecule has 2 fully saturated rings. The first-order valence-electron chi connectivity index (χ1n) is 12.7. The highest BCUT2D eigenvalue weighted by Gasteiger charge is 2.18. The van der Waals surface area contributed by atoms with Crippen molar-refractivity contribution in [1.29, 1.82) is 5.41 Å². The van der Waals surface area contributed by atoms with Gasteiger partial charge in [0, 0.05) is 67.1 Å². The van der Waals surface area contributed by atoms with E-state index in [0.717, 1.165) is 79.4 Å². The van der Waals surface area contributed by atoms with Gasteiger partial charge in [-0.1, -0.05) is 30.4 Å². The smallest absolute Gasteiger partial charge is 0.137 e. The maximum absolute atomic E-state index is 8.11. The van der Waals surface area contributed by atoms with Gasteiger partial charge in [-0.05, 0) is 56.0 Å². The summed E-state index contributed by atoms with van der Waals surface area (Å²) in [7, 11) is 0. The first-order valence-corrected chi connectivity index (χ1v) is 12.7. The molecular weight excluding hydrogens is 434 g/mol. The molecule has 2 saturated heterocycles. The molecule has 3 aliphatic heterocycles.